The van der Waals surface area contributed by atoms with Gasteiger partial charge >= 0.3 is 0 Å². The molecular formula is C26H24ClFN2O2S2. The fraction of sp³-hybridized carbons (Fsp3) is 0.308. The van der Waals surface area contributed by atoms with Crippen LogP contribution in [0.3, 0.4) is 0 Å². The summed E-state index contributed by atoms with van der Waals surface area (Å²) >= 11 is 13.2. The van der Waals surface area contributed by atoms with E-state index in [9.17, 15) is 9.18 Å². The summed E-state index contributed by atoms with van der Waals surface area (Å²) in [5.41, 5.74) is 3.51. The SMILES string of the molecule is CCc1cccc2c(/C=C3\SC(=S)N(C[C@@H]4CCCO4)C3=O)cn(Cc3c(F)cccc3Cl)c12. The van der Waals surface area contributed by atoms with Crippen molar-refractivity contribution >= 4 is 62.8 Å². The number of carbonyl (C=O) groups is 1. The Morgan fingerprint density at radius 3 is 2.85 bits per heavy atom. The highest BCUT2D eigenvalue weighted by atomic mass is 35.5. The lowest BCUT2D eigenvalue weighted by atomic mass is 10.1. The molecule has 2 saturated heterocycles. The summed E-state index contributed by atoms with van der Waals surface area (Å²) in [5, 5.41) is 1.41. The molecule has 0 aliphatic carbocycles. The van der Waals surface area contributed by atoms with Crippen LogP contribution in [0.5, 0.6) is 0 Å². The first kappa shape index (κ1) is 23.5. The molecule has 0 radical (unpaired) electrons. The molecule has 0 saturated carbocycles. The Morgan fingerprint density at radius 2 is 2.12 bits per heavy atom. The second-order valence-electron chi connectivity index (χ2n) is 8.51. The number of thioether (sulfide) groups is 1. The molecule has 1 amide bonds. The van der Waals surface area contributed by atoms with Gasteiger partial charge in [-0.25, -0.2) is 4.39 Å². The molecule has 2 aliphatic heterocycles. The van der Waals surface area contributed by atoms with Crippen molar-refractivity contribution in [2.45, 2.75) is 38.8 Å². The van der Waals surface area contributed by atoms with E-state index in [0.717, 1.165) is 47.9 Å². The van der Waals surface area contributed by atoms with Crippen molar-refractivity contribution in [1.29, 1.82) is 0 Å². The number of hydrogen-bond donors (Lipinski definition) is 0. The van der Waals surface area contributed by atoms with Gasteiger partial charge in [-0.1, -0.05) is 66.8 Å². The lowest BCUT2D eigenvalue weighted by Crippen LogP contribution is -2.35. The molecule has 2 fully saturated rings. The summed E-state index contributed by atoms with van der Waals surface area (Å²) in [6.45, 7) is 3.63. The van der Waals surface area contributed by atoms with Crippen LogP contribution in [0.2, 0.25) is 5.02 Å². The summed E-state index contributed by atoms with van der Waals surface area (Å²) < 4.78 is 22.9. The van der Waals surface area contributed by atoms with Gasteiger partial charge in [0.05, 0.1) is 29.6 Å². The Labute approximate surface area is 212 Å². The van der Waals surface area contributed by atoms with Crippen LogP contribution in [0.25, 0.3) is 17.0 Å². The minimum atomic E-state index is -0.333. The van der Waals surface area contributed by atoms with Crippen LogP contribution in [0.15, 0.2) is 47.5 Å². The summed E-state index contributed by atoms with van der Waals surface area (Å²) in [5.74, 6) is -0.421. The normalized spacial score (nSPS) is 19.8. The van der Waals surface area contributed by atoms with Crippen LogP contribution in [0.4, 0.5) is 4.39 Å². The highest BCUT2D eigenvalue weighted by molar-refractivity contribution is 8.26. The van der Waals surface area contributed by atoms with E-state index in [0.29, 0.717) is 32.9 Å². The zero-order valence-electron chi connectivity index (χ0n) is 18.7. The van der Waals surface area contributed by atoms with Crippen LogP contribution in [-0.4, -0.2) is 39.0 Å². The van der Waals surface area contributed by atoms with Crippen molar-refractivity contribution in [2.24, 2.45) is 0 Å². The third-order valence-corrected chi connectivity index (χ3v) is 8.09. The van der Waals surface area contributed by atoms with E-state index >= 15 is 0 Å². The average Bonchev–Trinajstić information content (AvgIpc) is 3.53. The maximum Gasteiger partial charge on any atom is 0.266 e. The van der Waals surface area contributed by atoms with E-state index in [-0.39, 0.29) is 17.8 Å². The molecule has 1 atom stereocenters. The molecular weight excluding hydrogens is 491 g/mol. The number of para-hydroxylation sites is 1. The number of ether oxygens (including phenoxy) is 1. The summed E-state index contributed by atoms with van der Waals surface area (Å²) in [6, 6.07) is 10.9. The molecule has 8 heteroatoms. The van der Waals surface area contributed by atoms with Crippen LogP contribution < -0.4 is 0 Å². The summed E-state index contributed by atoms with van der Waals surface area (Å²) in [4.78, 5) is 15.4. The van der Waals surface area contributed by atoms with Crippen molar-refractivity contribution in [3.8, 4) is 0 Å². The second-order valence-corrected chi connectivity index (χ2v) is 10.6. The highest BCUT2D eigenvalue weighted by Crippen LogP contribution is 2.36. The number of hydrogen-bond acceptors (Lipinski definition) is 4. The molecule has 34 heavy (non-hydrogen) atoms. The molecule has 0 unspecified atom stereocenters. The standard InChI is InChI=1S/C26H24ClFN2O2S2/c1-2-16-6-3-8-19-17(13-29(24(16)19)15-20-21(27)9-4-10-22(20)28)12-23-25(31)30(26(33)34-23)14-18-7-5-11-32-18/h3-4,6,8-10,12-13,18H,2,5,7,11,14-15H2,1H3/b23-12-/t18-/m0/s1. The van der Waals surface area contributed by atoms with Crippen LogP contribution in [-0.2, 0) is 22.5 Å². The third kappa shape index (κ3) is 4.42. The van der Waals surface area contributed by atoms with Crippen LogP contribution in [0, 0.1) is 5.82 Å². The van der Waals surface area contributed by atoms with Gasteiger partial charge in [0.25, 0.3) is 5.91 Å². The Balaban J connectivity index is 1.53. The van der Waals surface area contributed by atoms with Gasteiger partial charge in [-0.3, -0.25) is 9.69 Å². The number of aromatic nitrogens is 1. The van der Waals surface area contributed by atoms with E-state index in [4.69, 9.17) is 28.6 Å². The number of halogens is 2. The molecule has 2 aromatic carbocycles. The molecule has 0 N–H and O–H groups in total. The van der Waals surface area contributed by atoms with E-state index in [1.54, 1.807) is 17.0 Å². The number of fused-ring (bicyclic) bond motifs is 1. The van der Waals surface area contributed by atoms with Crippen molar-refractivity contribution in [3.05, 3.63) is 75.0 Å². The second kappa shape index (κ2) is 9.82. The van der Waals surface area contributed by atoms with Crippen molar-refractivity contribution < 1.29 is 13.9 Å². The summed E-state index contributed by atoms with van der Waals surface area (Å²) in [7, 11) is 0. The lowest BCUT2D eigenvalue weighted by molar-refractivity contribution is -0.123. The maximum atomic E-state index is 14.6. The van der Waals surface area contributed by atoms with Gasteiger partial charge in [0.15, 0.2) is 0 Å². The number of carbonyl (C=O) groups excluding carboxylic acids is 1. The minimum absolute atomic E-state index is 0.0430. The Morgan fingerprint density at radius 1 is 1.29 bits per heavy atom. The molecule has 0 spiro atoms. The fourth-order valence-corrected chi connectivity index (χ4v) is 6.12. The van der Waals surface area contributed by atoms with Crippen LogP contribution in [0.1, 0.15) is 36.5 Å². The monoisotopic (exact) mass is 514 g/mol. The van der Waals surface area contributed by atoms with Gasteiger partial charge in [-0.2, -0.15) is 0 Å². The fourth-order valence-electron chi connectivity index (χ4n) is 4.63. The molecule has 5 rings (SSSR count). The quantitative estimate of drug-likeness (QED) is 0.280. The molecule has 1 aromatic heterocycles. The first-order valence-corrected chi connectivity index (χ1v) is 13.0. The number of thiocarbonyl (C=S) groups is 1. The Kier molecular flexibility index (Phi) is 6.80. The highest BCUT2D eigenvalue weighted by Gasteiger charge is 2.34. The molecule has 0 bridgehead atoms. The van der Waals surface area contributed by atoms with E-state index < -0.39 is 0 Å². The number of aryl methyl sites for hydroxylation is 1. The number of benzene rings is 2. The average molecular weight is 515 g/mol. The lowest BCUT2D eigenvalue weighted by Gasteiger charge is -2.18. The summed E-state index contributed by atoms with van der Waals surface area (Å²) in [6.07, 6.45) is 6.70. The first-order valence-electron chi connectivity index (χ1n) is 11.4. The van der Waals surface area contributed by atoms with Crippen molar-refractivity contribution in [3.63, 3.8) is 0 Å². The van der Waals surface area contributed by atoms with Gasteiger partial charge in [-0.05, 0) is 43.0 Å². The maximum absolute atomic E-state index is 14.6. The largest absolute Gasteiger partial charge is 0.376 e. The van der Waals surface area contributed by atoms with Gasteiger partial charge in [0.1, 0.15) is 10.1 Å². The molecule has 176 valence electrons. The van der Waals surface area contributed by atoms with Gasteiger partial charge < -0.3 is 9.30 Å². The van der Waals surface area contributed by atoms with Gasteiger partial charge in [0.2, 0.25) is 0 Å². The predicted octanol–water partition coefficient (Wildman–Crippen LogP) is 6.42. The van der Waals surface area contributed by atoms with Gasteiger partial charge in [0, 0.05) is 34.3 Å². The zero-order chi connectivity index (χ0) is 23.8. The number of nitrogens with zero attached hydrogens (tertiary/aromatic N) is 2. The molecule has 3 heterocycles. The topological polar surface area (TPSA) is 34.5 Å². The van der Waals surface area contributed by atoms with Crippen molar-refractivity contribution in [1.82, 2.24) is 9.47 Å². The Hall–Kier alpha value is -2.19. The minimum Gasteiger partial charge on any atom is -0.376 e. The van der Waals surface area contributed by atoms with Crippen molar-refractivity contribution in [2.75, 3.05) is 13.2 Å². The predicted molar refractivity (Wildman–Crippen MR) is 141 cm³/mol. The van der Waals surface area contributed by atoms with E-state index in [2.05, 4.69) is 13.0 Å². The molecule has 4 nitrogen and oxygen atoms in total. The smallest absolute Gasteiger partial charge is 0.266 e. The zero-order valence-corrected chi connectivity index (χ0v) is 21.1. The van der Waals surface area contributed by atoms with Gasteiger partial charge in [-0.15, -0.1) is 0 Å². The van der Waals surface area contributed by atoms with E-state index in [1.807, 2.05) is 29.0 Å². The number of amides is 1. The molecule has 2 aliphatic rings. The van der Waals surface area contributed by atoms with E-state index in [1.165, 1.54) is 17.8 Å². The Bertz CT molecular complexity index is 1290. The molecule has 3 aromatic rings. The first-order chi connectivity index (χ1) is 16.5. The van der Waals surface area contributed by atoms with Crippen LogP contribution >= 0.6 is 35.6 Å². The third-order valence-electron chi connectivity index (χ3n) is 6.35. The number of rotatable bonds is 6.